The first-order chi connectivity index (χ1) is 13.9. The molecule has 29 heavy (non-hydrogen) atoms. The molecule has 2 aromatic heterocycles. The first kappa shape index (κ1) is 20.2. The second kappa shape index (κ2) is 7.98. The van der Waals surface area contributed by atoms with Gasteiger partial charge < -0.3 is 9.30 Å². The van der Waals surface area contributed by atoms with Gasteiger partial charge in [-0.05, 0) is 30.7 Å². The monoisotopic (exact) mass is 438 g/mol. The summed E-state index contributed by atoms with van der Waals surface area (Å²) >= 11 is 5.78. The number of imidazole rings is 1. The van der Waals surface area contributed by atoms with E-state index in [1.807, 2.05) is 10.6 Å². The molecule has 0 amide bonds. The third kappa shape index (κ3) is 3.75. The molecule has 0 spiro atoms. The van der Waals surface area contributed by atoms with E-state index < -0.39 is 15.8 Å². The molecule has 0 radical (unpaired) electrons. The lowest BCUT2D eigenvalue weighted by molar-refractivity contribution is 0.187. The molecule has 1 aliphatic heterocycles. The van der Waals surface area contributed by atoms with Crippen LogP contribution < -0.4 is 0 Å². The fourth-order valence-electron chi connectivity index (χ4n) is 3.66. The summed E-state index contributed by atoms with van der Waals surface area (Å²) in [5.41, 5.74) is 1.71. The molecule has 1 aliphatic rings. The van der Waals surface area contributed by atoms with E-state index in [0.717, 1.165) is 29.0 Å². The van der Waals surface area contributed by atoms with Gasteiger partial charge in [-0.25, -0.2) is 17.8 Å². The Kier molecular flexibility index (Phi) is 5.56. The van der Waals surface area contributed by atoms with Crippen LogP contribution in [0.1, 0.15) is 18.2 Å². The maximum Gasteiger partial charge on any atom is 0.243 e. The molecule has 0 N–H and O–H groups in total. The van der Waals surface area contributed by atoms with Crippen molar-refractivity contribution in [3.05, 3.63) is 53.3 Å². The topological polar surface area (TPSA) is 77.3 Å². The number of halogens is 2. The number of hydrogen-bond acceptors (Lipinski definition) is 5. The van der Waals surface area contributed by atoms with Gasteiger partial charge in [-0.15, -0.1) is 0 Å². The molecule has 10 heteroatoms. The molecule has 7 nitrogen and oxygen atoms in total. The SMILES string of the molecule is COCCn1c([C@@H]2CCN(S(=O)(=O)c3ccc(F)c(Cl)c3)C2)nc2ccncc21. The molecule has 3 heterocycles. The molecule has 1 atom stereocenters. The highest BCUT2D eigenvalue weighted by atomic mass is 35.5. The highest BCUT2D eigenvalue weighted by Gasteiger charge is 2.35. The summed E-state index contributed by atoms with van der Waals surface area (Å²) in [6, 6.07) is 5.30. The summed E-state index contributed by atoms with van der Waals surface area (Å²) in [4.78, 5) is 8.91. The van der Waals surface area contributed by atoms with Crippen LogP contribution in [0.3, 0.4) is 0 Å². The van der Waals surface area contributed by atoms with E-state index in [-0.39, 0.29) is 15.8 Å². The summed E-state index contributed by atoms with van der Waals surface area (Å²) in [5, 5.41) is -0.212. The van der Waals surface area contributed by atoms with Crippen LogP contribution in [0, 0.1) is 5.82 Å². The Morgan fingerprint density at radius 2 is 2.17 bits per heavy atom. The Bertz CT molecular complexity index is 1150. The molecule has 4 rings (SSSR count). The van der Waals surface area contributed by atoms with Crippen molar-refractivity contribution in [3.63, 3.8) is 0 Å². The van der Waals surface area contributed by atoms with Crippen LogP contribution in [0.2, 0.25) is 5.02 Å². The molecule has 1 fully saturated rings. The normalized spacial score (nSPS) is 18.0. The van der Waals surface area contributed by atoms with E-state index in [1.54, 1.807) is 19.5 Å². The van der Waals surface area contributed by atoms with Gasteiger partial charge in [-0.3, -0.25) is 4.98 Å². The van der Waals surface area contributed by atoms with Crippen molar-refractivity contribution >= 4 is 32.7 Å². The minimum absolute atomic E-state index is 0.0124. The Morgan fingerprint density at radius 3 is 2.93 bits per heavy atom. The minimum Gasteiger partial charge on any atom is -0.383 e. The molecule has 0 saturated carbocycles. The minimum atomic E-state index is -3.77. The van der Waals surface area contributed by atoms with Gasteiger partial charge in [0, 0.05) is 38.9 Å². The predicted octanol–water partition coefficient (Wildman–Crippen LogP) is 3.05. The summed E-state index contributed by atoms with van der Waals surface area (Å²) in [6.07, 6.45) is 4.08. The molecule has 154 valence electrons. The second-order valence-corrected chi connectivity index (χ2v) is 9.25. The smallest absolute Gasteiger partial charge is 0.243 e. The van der Waals surface area contributed by atoms with E-state index in [4.69, 9.17) is 21.3 Å². The molecule has 0 unspecified atom stereocenters. The maximum absolute atomic E-state index is 13.4. The van der Waals surface area contributed by atoms with Gasteiger partial charge in [-0.1, -0.05) is 11.6 Å². The summed E-state index contributed by atoms with van der Waals surface area (Å²) in [6.45, 7) is 1.76. The van der Waals surface area contributed by atoms with Gasteiger partial charge in [0.25, 0.3) is 0 Å². The third-order valence-electron chi connectivity index (χ3n) is 5.14. The van der Waals surface area contributed by atoms with Crippen LogP contribution >= 0.6 is 11.6 Å². The average Bonchev–Trinajstić information content (AvgIpc) is 3.33. The van der Waals surface area contributed by atoms with Crippen molar-refractivity contribution in [2.45, 2.75) is 23.8 Å². The van der Waals surface area contributed by atoms with Crippen molar-refractivity contribution in [1.29, 1.82) is 0 Å². The number of methoxy groups -OCH3 is 1. The number of nitrogens with zero attached hydrogens (tertiary/aromatic N) is 4. The highest BCUT2D eigenvalue weighted by molar-refractivity contribution is 7.89. The Hall–Kier alpha value is -2.07. The summed E-state index contributed by atoms with van der Waals surface area (Å²) in [7, 11) is -2.14. The van der Waals surface area contributed by atoms with Gasteiger partial charge in [0.05, 0.1) is 33.8 Å². The maximum atomic E-state index is 13.4. The number of aromatic nitrogens is 3. The largest absolute Gasteiger partial charge is 0.383 e. The number of rotatable bonds is 6. The van der Waals surface area contributed by atoms with E-state index in [1.165, 1.54) is 10.4 Å². The van der Waals surface area contributed by atoms with Crippen LogP contribution in [-0.2, 0) is 21.3 Å². The molecule has 1 aromatic carbocycles. The van der Waals surface area contributed by atoms with Crippen LogP contribution in [0.25, 0.3) is 11.0 Å². The third-order valence-corrected chi connectivity index (χ3v) is 7.29. The lowest BCUT2D eigenvalue weighted by Gasteiger charge is -2.17. The van der Waals surface area contributed by atoms with Crippen LogP contribution in [0.15, 0.2) is 41.6 Å². The predicted molar refractivity (Wildman–Crippen MR) is 107 cm³/mol. The zero-order chi connectivity index (χ0) is 20.6. The zero-order valence-corrected chi connectivity index (χ0v) is 17.3. The lowest BCUT2D eigenvalue weighted by atomic mass is 10.1. The number of benzene rings is 1. The van der Waals surface area contributed by atoms with Crippen molar-refractivity contribution < 1.29 is 17.5 Å². The molecule has 3 aromatic rings. The van der Waals surface area contributed by atoms with E-state index >= 15 is 0 Å². The number of sulfonamides is 1. The fourth-order valence-corrected chi connectivity index (χ4v) is 5.43. The van der Waals surface area contributed by atoms with E-state index in [0.29, 0.717) is 32.7 Å². The molecule has 0 bridgehead atoms. The van der Waals surface area contributed by atoms with Crippen molar-refractivity contribution in [2.24, 2.45) is 0 Å². The van der Waals surface area contributed by atoms with Crippen LogP contribution in [0.5, 0.6) is 0 Å². The summed E-state index contributed by atoms with van der Waals surface area (Å²) in [5.74, 6) is 0.107. The van der Waals surface area contributed by atoms with Gasteiger partial charge >= 0.3 is 0 Å². The fraction of sp³-hybridized carbons (Fsp3) is 0.368. The zero-order valence-electron chi connectivity index (χ0n) is 15.8. The Labute approximate surface area is 173 Å². The molecule has 1 saturated heterocycles. The van der Waals surface area contributed by atoms with E-state index in [2.05, 4.69) is 4.98 Å². The lowest BCUT2D eigenvalue weighted by Crippen LogP contribution is -2.29. The van der Waals surface area contributed by atoms with Gasteiger partial charge in [0.15, 0.2) is 0 Å². The van der Waals surface area contributed by atoms with Crippen molar-refractivity contribution in [2.75, 3.05) is 26.8 Å². The Balaban J connectivity index is 1.63. The number of hydrogen-bond donors (Lipinski definition) is 0. The van der Waals surface area contributed by atoms with Crippen molar-refractivity contribution in [3.8, 4) is 0 Å². The van der Waals surface area contributed by atoms with Gasteiger partial charge in [0.1, 0.15) is 11.6 Å². The Morgan fingerprint density at radius 1 is 1.34 bits per heavy atom. The number of pyridine rings is 1. The van der Waals surface area contributed by atoms with Crippen LogP contribution in [-0.4, -0.2) is 54.1 Å². The average molecular weight is 439 g/mol. The quantitative estimate of drug-likeness (QED) is 0.591. The first-order valence-corrected chi connectivity index (χ1v) is 11.0. The molecule has 0 aliphatic carbocycles. The van der Waals surface area contributed by atoms with Crippen molar-refractivity contribution in [1.82, 2.24) is 18.8 Å². The van der Waals surface area contributed by atoms with E-state index in [9.17, 15) is 12.8 Å². The molecular formula is C19H20ClFN4O3S. The standard InChI is InChI=1S/C19H20ClFN4O3S/c1-28-9-8-25-18-11-22-6-4-17(18)23-19(25)13-5-7-24(12-13)29(26,27)14-2-3-16(21)15(20)10-14/h2-4,6,10-11,13H,5,7-9,12H2,1H3/t13-/m1/s1. The number of ether oxygens (including phenoxy) is 1. The molecular weight excluding hydrogens is 419 g/mol. The van der Waals surface area contributed by atoms with Crippen LogP contribution in [0.4, 0.5) is 4.39 Å². The van der Waals surface area contributed by atoms with Gasteiger partial charge in [-0.2, -0.15) is 4.31 Å². The second-order valence-electron chi connectivity index (χ2n) is 6.90. The number of fused-ring (bicyclic) bond motifs is 1. The first-order valence-electron chi connectivity index (χ1n) is 9.16. The summed E-state index contributed by atoms with van der Waals surface area (Å²) < 4.78 is 48.1. The van der Waals surface area contributed by atoms with Gasteiger partial charge in [0.2, 0.25) is 10.0 Å². The highest BCUT2D eigenvalue weighted by Crippen LogP contribution is 2.33.